The molecule has 0 saturated heterocycles. The van der Waals surface area contributed by atoms with Crippen molar-refractivity contribution in [2.24, 2.45) is 5.73 Å². The fourth-order valence-corrected chi connectivity index (χ4v) is 1.70. The van der Waals surface area contributed by atoms with Gasteiger partial charge in [-0.3, -0.25) is 9.47 Å². The SMILES string of the molecule is NCC(=O)Cc1cn(N)c2ccccc12. The van der Waals surface area contributed by atoms with Crippen molar-refractivity contribution in [3.8, 4) is 0 Å². The van der Waals surface area contributed by atoms with Crippen LogP contribution >= 0.6 is 0 Å². The predicted molar refractivity (Wildman–Crippen MR) is 59.9 cm³/mol. The number of nitrogens with zero attached hydrogens (tertiary/aromatic N) is 1. The lowest BCUT2D eigenvalue weighted by Gasteiger charge is -1.95. The summed E-state index contributed by atoms with van der Waals surface area (Å²) in [6, 6.07) is 7.72. The Bertz CT molecular complexity index is 502. The Morgan fingerprint density at radius 3 is 2.80 bits per heavy atom. The van der Waals surface area contributed by atoms with Crippen LogP contribution < -0.4 is 11.6 Å². The third kappa shape index (κ3) is 1.71. The number of hydrogen-bond acceptors (Lipinski definition) is 3. The Morgan fingerprint density at radius 1 is 1.33 bits per heavy atom. The first-order valence-electron chi connectivity index (χ1n) is 4.78. The molecule has 1 heterocycles. The van der Waals surface area contributed by atoms with Crippen molar-refractivity contribution in [2.45, 2.75) is 6.42 Å². The van der Waals surface area contributed by atoms with E-state index >= 15 is 0 Å². The second-order valence-electron chi connectivity index (χ2n) is 3.50. The minimum Gasteiger partial charge on any atom is -0.339 e. The zero-order chi connectivity index (χ0) is 10.8. The van der Waals surface area contributed by atoms with E-state index < -0.39 is 0 Å². The van der Waals surface area contributed by atoms with Gasteiger partial charge in [-0.2, -0.15) is 0 Å². The highest BCUT2D eigenvalue weighted by molar-refractivity contribution is 5.90. The van der Waals surface area contributed by atoms with E-state index in [4.69, 9.17) is 11.6 Å². The monoisotopic (exact) mass is 203 g/mol. The Labute approximate surface area is 87.4 Å². The highest BCUT2D eigenvalue weighted by Crippen LogP contribution is 2.19. The molecule has 0 radical (unpaired) electrons. The normalized spacial score (nSPS) is 10.7. The van der Waals surface area contributed by atoms with E-state index in [1.165, 1.54) is 4.68 Å². The topological polar surface area (TPSA) is 74.0 Å². The minimum absolute atomic E-state index is 0.0198. The van der Waals surface area contributed by atoms with Crippen LogP contribution in [0.3, 0.4) is 0 Å². The van der Waals surface area contributed by atoms with Crippen molar-refractivity contribution in [3.63, 3.8) is 0 Å². The molecule has 0 bridgehead atoms. The van der Waals surface area contributed by atoms with Crippen molar-refractivity contribution in [3.05, 3.63) is 36.0 Å². The van der Waals surface area contributed by atoms with Gasteiger partial charge in [0.05, 0.1) is 12.1 Å². The molecule has 0 aliphatic carbocycles. The van der Waals surface area contributed by atoms with E-state index in [1.807, 2.05) is 24.3 Å². The first-order valence-corrected chi connectivity index (χ1v) is 4.78. The van der Waals surface area contributed by atoms with Crippen LogP contribution in [0.15, 0.2) is 30.5 Å². The van der Waals surface area contributed by atoms with E-state index in [1.54, 1.807) is 6.20 Å². The number of nitrogen functional groups attached to an aromatic ring is 1. The number of nitrogens with two attached hydrogens (primary N) is 2. The third-order valence-electron chi connectivity index (χ3n) is 2.44. The van der Waals surface area contributed by atoms with Crippen molar-refractivity contribution < 1.29 is 4.79 Å². The zero-order valence-electron chi connectivity index (χ0n) is 8.31. The molecule has 0 aliphatic heterocycles. The quantitative estimate of drug-likeness (QED) is 0.710. The molecule has 0 amide bonds. The molecule has 0 aliphatic rings. The van der Waals surface area contributed by atoms with Gasteiger partial charge in [-0.1, -0.05) is 18.2 Å². The second kappa shape index (κ2) is 3.74. The van der Waals surface area contributed by atoms with Gasteiger partial charge in [0.2, 0.25) is 0 Å². The van der Waals surface area contributed by atoms with Gasteiger partial charge in [0, 0.05) is 18.0 Å². The molecule has 2 rings (SSSR count). The molecule has 1 aromatic heterocycles. The van der Waals surface area contributed by atoms with Gasteiger partial charge in [0.1, 0.15) is 0 Å². The Balaban J connectivity index is 2.48. The van der Waals surface area contributed by atoms with E-state index in [-0.39, 0.29) is 12.3 Å². The van der Waals surface area contributed by atoms with Gasteiger partial charge < -0.3 is 11.6 Å². The summed E-state index contributed by atoms with van der Waals surface area (Å²) in [5.74, 6) is 5.79. The number of rotatable bonds is 3. The molecule has 4 heteroatoms. The average Bonchev–Trinajstić information content (AvgIpc) is 2.57. The van der Waals surface area contributed by atoms with Gasteiger partial charge in [-0.05, 0) is 11.6 Å². The Hall–Kier alpha value is -1.81. The number of fused-ring (bicyclic) bond motifs is 1. The van der Waals surface area contributed by atoms with Crippen LogP contribution in [0.5, 0.6) is 0 Å². The third-order valence-corrected chi connectivity index (χ3v) is 2.44. The van der Waals surface area contributed by atoms with Crippen LogP contribution in [0.1, 0.15) is 5.56 Å². The molecule has 78 valence electrons. The van der Waals surface area contributed by atoms with Crippen LogP contribution in [0.25, 0.3) is 10.9 Å². The number of ketones is 1. The number of Topliss-reactive ketones (excluding diaryl/α,β-unsaturated/α-hetero) is 1. The number of aromatic nitrogens is 1. The molecule has 0 atom stereocenters. The van der Waals surface area contributed by atoms with Gasteiger partial charge >= 0.3 is 0 Å². The molecular weight excluding hydrogens is 190 g/mol. The number of carbonyl (C=O) groups excluding carboxylic acids is 1. The largest absolute Gasteiger partial charge is 0.339 e. The number of benzene rings is 1. The highest BCUT2D eigenvalue weighted by Gasteiger charge is 2.09. The van der Waals surface area contributed by atoms with Crippen molar-refractivity contribution >= 4 is 16.7 Å². The van der Waals surface area contributed by atoms with E-state index in [0.29, 0.717) is 6.42 Å². The molecule has 4 nitrogen and oxygen atoms in total. The van der Waals surface area contributed by atoms with Crippen LogP contribution in [0.4, 0.5) is 0 Å². The summed E-state index contributed by atoms with van der Waals surface area (Å²) in [7, 11) is 0. The molecular formula is C11H13N3O. The minimum atomic E-state index is 0.0198. The summed E-state index contributed by atoms with van der Waals surface area (Å²) in [4.78, 5) is 11.3. The summed E-state index contributed by atoms with van der Waals surface area (Å²) < 4.78 is 1.54. The van der Waals surface area contributed by atoms with E-state index in [0.717, 1.165) is 16.5 Å². The lowest BCUT2D eigenvalue weighted by atomic mass is 10.1. The summed E-state index contributed by atoms with van der Waals surface area (Å²) in [5.41, 5.74) is 7.15. The van der Waals surface area contributed by atoms with Crippen LogP contribution in [-0.4, -0.2) is 17.0 Å². The smallest absolute Gasteiger partial charge is 0.150 e. The van der Waals surface area contributed by atoms with Crippen LogP contribution in [0, 0.1) is 0 Å². The number of para-hydroxylation sites is 1. The van der Waals surface area contributed by atoms with Crippen LogP contribution in [0.2, 0.25) is 0 Å². The maximum absolute atomic E-state index is 11.3. The van der Waals surface area contributed by atoms with Gasteiger partial charge in [0.25, 0.3) is 0 Å². The lowest BCUT2D eigenvalue weighted by molar-refractivity contribution is -0.117. The molecule has 2 aromatic rings. The molecule has 0 fully saturated rings. The maximum atomic E-state index is 11.3. The molecule has 15 heavy (non-hydrogen) atoms. The lowest BCUT2D eigenvalue weighted by Crippen LogP contribution is -2.15. The van der Waals surface area contributed by atoms with Crippen molar-refractivity contribution in [1.29, 1.82) is 0 Å². The summed E-state index contributed by atoms with van der Waals surface area (Å²) >= 11 is 0. The maximum Gasteiger partial charge on any atom is 0.150 e. The van der Waals surface area contributed by atoms with E-state index in [9.17, 15) is 4.79 Å². The predicted octanol–water partition coefficient (Wildman–Crippen LogP) is 0.425. The first-order chi connectivity index (χ1) is 7.22. The summed E-state index contributed by atoms with van der Waals surface area (Å²) in [6.07, 6.45) is 2.12. The first kappa shape index (κ1) is 9.73. The summed E-state index contributed by atoms with van der Waals surface area (Å²) in [5, 5.41) is 1.02. The van der Waals surface area contributed by atoms with Crippen LogP contribution in [-0.2, 0) is 11.2 Å². The second-order valence-corrected chi connectivity index (χ2v) is 3.50. The van der Waals surface area contributed by atoms with E-state index in [2.05, 4.69) is 0 Å². The zero-order valence-corrected chi connectivity index (χ0v) is 8.31. The fourth-order valence-electron chi connectivity index (χ4n) is 1.70. The number of carbonyl (C=O) groups is 1. The van der Waals surface area contributed by atoms with Gasteiger partial charge in [-0.15, -0.1) is 0 Å². The van der Waals surface area contributed by atoms with Gasteiger partial charge in [-0.25, -0.2) is 0 Å². The molecule has 0 unspecified atom stereocenters. The molecule has 4 N–H and O–H groups in total. The Kier molecular flexibility index (Phi) is 2.43. The molecule has 0 spiro atoms. The Morgan fingerprint density at radius 2 is 2.07 bits per heavy atom. The fraction of sp³-hybridized carbons (Fsp3) is 0.182. The standard InChI is InChI=1S/C11H13N3O/c12-6-9(15)5-8-7-14(13)11-4-2-1-3-10(8)11/h1-4,7H,5-6,12-13H2. The van der Waals surface area contributed by atoms with Crippen molar-refractivity contribution in [1.82, 2.24) is 4.68 Å². The molecule has 0 saturated carbocycles. The number of hydrogen-bond donors (Lipinski definition) is 2. The highest BCUT2D eigenvalue weighted by atomic mass is 16.1. The van der Waals surface area contributed by atoms with Gasteiger partial charge in [0.15, 0.2) is 5.78 Å². The average molecular weight is 203 g/mol. The molecule has 1 aromatic carbocycles. The van der Waals surface area contributed by atoms with Crippen molar-refractivity contribution in [2.75, 3.05) is 12.4 Å². The summed E-state index contributed by atoms with van der Waals surface area (Å²) in [6.45, 7) is 0.0735.